The Kier molecular flexibility index (Phi) is 5.53. The van der Waals surface area contributed by atoms with E-state index in [9.17, 15) is 8.42 Å². The van der Waals surface area contributed by atoms with Crippen molar-refractivity contribution in [1.29, 1.82) is 0 Å². The molecule has 0 amide bonds. The minimum absolute atomic E-state index is 0.270. The molecule has 140 valence electrons. The van der Waals surface area contributed by atoms with Crippen LogP contribution in [0.4, 0.5) is 0 Å². The number of benzene rings is 2. The van der Waals surface area contributed by atoms with Crippen LogP contribution in [0.25, 0.3) is 0 Å². The third kappa shape index (κ3) is 3.86. The van der Waals surface area contributed by atoms with Crippen molar-refractivity contribution in [3.05, 3.63) is 53.6 Å². The van der Waals surface area contributed by atoms with E-state index in [1.54, 1.807) is 19.2 Å². The number of hydrogen-bond acceptors (Lipinski definition) is 4. The molecule has 1 aliphatic heterocycles. The first-order chi connectivity index (χ1) is 12.4. The van der Waals surface area contributed by atoms with E-state index < -0.39 is 10.0 Å². The van der Waals surface area contributed by atoms with Gasteiger partial charge in [-0.15, -0.1) is 0 Å². The second-order valence-electron chi connectivity index (χ2n) is 6.62. The predicted octanol–water partition coefficient (Wildman–Crippen LogP) is 3.79. The molecule has 0 saturated heterocycles. The summed E-state index contributed by atoms with van der Waals surface area (Å²) in [6.07, 6.45) is 1.02. The molecule has 26 heavy (non-hydrogen) atoms. The molecule has 0 aromatic heterocycles. The van der Waals surface area contributed by atoms with E-state index in [0.29, 0.717) is 35.5 Å². The number of hydrogen-bond donors (Lipinski definition) is 0. The minimum atomic E-state index is -3.55. The van der Waals surface area contributed by atoms with Gasteiger partial charge in [-0.2, -0.15) is 4.31 Å². The molecule has 0 radical (unpaired) electrons. The molecule has 1 heterocycles. The Bertz CT molecular complexity index is 862. The predicted molar refractivity (Wildman–Crippen MR) is 101 cm³/mol. The average molecular weight is 375 g/mol. The minimum Gasteiger partial charge on any atom is -0.486 e. The van der Waals surface area contributed by atoms with Gasteiger partial charge in [0, 0.05) is 13.6 Å². The van der Waals surface area contributed by atoms with Crippen LogP contribution in [0.15, 0.2) is 47.4 Å². The van der Waals surface area contributed by atoms with E-state index in [-0.39, 0.29) is 6.54 Å². The topological polar surface area (TPSA) is 55.8 Å². The summed E-state index contributed by atoms with van der Waals surface area (Å²) in [7, 11) is -1.95. The lowest BCUT2D eigenvalue weighted by Gasteiger charge is -2.21. The number of ether oxygens (including phenoxy) is 2. The zero-order valence-corrected chi connectivity index (χ0v) is 16.3. The van der Waals surface area contributed by atoms with Crippen LogP contribution >= 0.6 is 0 Å². The van der Waals surface area contributed by atoms with E-state index in [1.165, 1.54) is 4.31 Å². The third-order valence-corrected chi connectivity index (χ3v) is 6.60. The lowest BCUT2D eigenvalue weighted by Crippen LogP contribution is -2.26. The number of nitrogens with zero attached hydrogens (tertiary/aromatic N) is 1. The van der Waals surface area contributed by atoms with Gasteiger partial charge in [-0.1, -0.05) is 32.0 Å². The molecule has 1 aliphatic rings. The van der Waals surface area contributed by atoms with E-state index in [1.807, 2.05) is 30.3 Å². The van der Waals surface area contributed by atoms with Crippen LogP contribution in [0.5, 0.6) is 11.5 Å². The van der Waals surface area contributed by atoms with E-state index in [2.05, 4.69) is 13.8 Å². The Morgan fingerprint density at radius 2 is 1.69 bits per heavy atom. The Balaban J connectivity index is 1.76. The molecule has 3 rings (SSSR count). The van der Waals surface area contributed by atoms with Gasteiger partial charge in [-0.25, -0.2) is 8.42 Å². The van der Waals surface area contributed by atoms with Crippen molar-refractivity contribution in [3.63, 3.8) is 0 Å². The van der Waals surface area contributed by atoms with Crippen LogP contribution in [-0.2, 0) is 16.6 Å². The lowest BCUT2D eigenvalue weighted by molar-refractivity contribution is 0.171. The van der Waals surface area contributed by atoms with Crippen molar-refractivity contribution in [3.8, 4) is 11.5 Å². The summed E-state index contributed by atoms with van der Waals surface area (Å²) >= 11 is 0. The summed E-state index contributed by atoms with van der Waals surface area (Å²) in [5.74, 6) is 1.78. The Morgan fingerprint density at radius 3 is 2.35 bits per heavy atom. The van der Waals surface area contributed by atoms with Crippen LogP contribution in [0.3, 0.4) is 0 Å². The van der Waals surface area contributed by atoms with Gasteiger partial charge in [0.15, 0.2) is 11.5 Å². The maximum absolute atomic E-state index is 12.8. The molecular weight excluding hydrogens is 350 g/mol. The summed E-state index contributed by atoms with van der Waals surface area (Å²) in [6.45, 7) is 5.57. The average Bonchev–Trinajstić information content (AvgIpc) is 2.67. The van der Waals surface area contributed by atoms with Gasteiger partial charge in [0.2, 0.25) is 10.0 Å². The lowest BCUT2D eigenvalue weighted by atomic mass is 9.99. The highest BCUT2D eigenvalue weighted by molar-refractivity contribution is 7.89. The van der Waals surface area contributed by atoms with Crippen molar-refractivity contribution in [2.24, 2.45) is 0 Å². The van der Waals surface area contributed by atoms with Crippen molar-refractivity contribution in [2.45, 2.75) is 37.6 Å². The quantitative estimate of drug-likeness (QED) is 0.771. The van der Waals surface area contributed by atoms with E-state index in [0.717, 1.165) is 17.5 Å². The van der Waals surface area contributed by atoms with Crippen LogP contribution in [0.1, 0.15) is 37.3 Å². The summed E-state index contributed by atoms with van der Waals surface area (Å²) in [5, 5.41) is 0. The highest BCUT2D eigenvalue weighted by Crippen LogP contribution is 2.31. The maximum atomic E-state index is 12.8. The molecule has 2 aromatic rings. The van der Waals surface area contributed by atoms with Crippen molar-refractivity contribution in [1.82, 2.24) is 4.31 Å². The van der Waals surface area contributed by atoms with Crippen molar-refractivity contribution < 1.29 is 17.9 Å². The van der Waals surface area contributed by atoms with Crippen molar-refractivity contribution in [2.75, 3.05) is 20.3 Å². The van der Waals surface area contributed by atoms with E-state index >= 15 is 0 Å². The zero-order chi connectivity index (χ0) is 18.7. The van der Waals surface area contributed by atoms with Gasteiger partial charge in [0.25, 0.3) is 0 Å². The normalized spacial score (nSPS) is 15.1. The fourth-order valence-corrected chi connectivity index (χ4v) is 4.07. The number of sulfonamides is 1. The number of rotatable bonds is 6. The fraction of sp³-hybridized carbons (Fsp3) is 0.400. The first-order valence-corrected chi connectivity index (χ1v) is 10.3. The van der Waals surface area contributed by atoms with Crippen LogP contribution in [0, 0.1) is 0 Å². The second-order valence-corrected chi connectivity index (χ2v) is 8.66. The second kappa shape index (κ2) is 7.68. The fourth-order valence-electron chi connectivity index (χ4n) is 2.91. The van der Waals surface area contributed by atoms with Gasteiger partial charge in [0.1, 0.15) is 13.2 Å². The summed E-state index contributed by atoms with van der Waals surface area (Å²) in [5.41, 5.74) is 2.01. The Hall–Kier alpha value is -2.05. The zero-order valence-electron chi connectivity index (χ0n) is 15.4. The highest BCUT2D eigenvalue weighted by Gasteiger charge is 2.22. The first-order valence-electron chi connectivity index (χ1n) is 8.86. The molecule has 6 heteroatoms. The molecule has 1 atom stereocenters. The third-order valence-electron chi connectivity index (χ3n) is 4.78. The van der Waals surface area contributed by atoms with Gasteiger partial charge < -0.3 is 9.47 Å². The monoisotopic (exact) mass is 375 g/mol. The van der Waals surface area contributed by atoms with Gasteiger partial charge >= 0.3 is 0 Å². The van der Waals surface area contributed by atoms with Gasteiger partial charge in [0.05, 0.1) is 4.90 Å². The molecule has 0 aliphatic carbocycles. The molecule has 0 spiro atoms. The van der Waals surface area contributed by atoms with E-state index in [4.69, 9.17) is 9.47 Å². The summed E-state index contributed by atoms with van der Waals surface area (Å²) < 4.78 is 38.1. The standard InChI is InChI=1S/C20H25NO4S/c1-4-15(2)17-6-8-18(9-7-17)26(22,23)21(3)14-16-5-10-19-20(13-16)25-12-11-24-19/h5-10,13,15H,4,11-12,14H2,1-3H3. The van der Waals surface area contributed by atoms with Gasteiger partial charge in [-0.3, -0.25) is 0 Å². The smallest absolute Gasteiger partial charge is 0.243 e. The summed E-state index contributed by atoms with van der Waals surface area (Å²) in [6, 6.07) is 12.7. The number of fused-ring (bicyclic) bond motifs is 1. The maximum Gasteiger partial charge on any atom is 0.243 e. The molecule has 0 saturated carbocycles. The van der Waals surface area contributed by atoms with Crippen LogP contribution in [-0.4, -0.2) is 33.0 Å². The van der Waals surface area contributed by atoms with Crippen LogP contribution in [0.2, 0.25) is 0 Å². The molecule has 0 bridgehead atoms. The largest absolute Gasteiger partial charge is 0.486 e. The molecule has 2 aromatic carbocycles. The highest BCUT2D eigenvalue weighted by atomic mass is 32.2. The van der Waals surface area contributed by atoms with Crippen LogP contribution < -0.4 is 9.47 Å². The molecule has 0 N–H and O–H groups in total. The van der Waals surface area contributed by atoms with Crippen molar-refractivity contribution >= 4 is 10.0 Å². The summed E-state index contributed by atoms with van der Waals surface area (Å²) in [4.78, 5) is 0.310. The molecule has 1 unspecified atom stereocenters. The Morgan fingerprint density at radius 1 is 1.04 bits per heavy atom. The Labute approximate surface area is 155 Å². The molecule has 5 nitrogen and oxygen atoms in total. The molecule has 0 fully saturated rings. The van der Waals surface area contributed by atoms with Gasteiger partial charge in [-0.05, 0) is 47.7 Å². The molecular formula is C20H25NO4S. The SMILES string of the molecule is CCC(C)c1ccc(S(=O)(=O)N(C)Cc2ccc3c(c2)OCCO3)cc1. The first kappa shape index (κ1) is 18.7.